The van der Waals surface area contributed by atoms with Crippen molar-refractivity contribution in [2.45, 2.75) is 19.3 Å². The van der Waals surface area contributed by atoms with E-state index in [1.165, 1.54) is 6.42 Å². The van der Waals surface area contributed by atoms with Crippen LogP contribution in [0.5, 0.6) is 0 Å². The van der Waals surface area contributed by atoms with Gasteiger partial charge >= 0.3 is 0 Å². The van der Waals surface area contributed by atoms with Crippen LogP contribution in [-0.2, 0) is 0 Å². The summed E-state index contributed by atoms with van der Waals surface area (Å²) in [6.07, 6.45) is 4.52. The van der Waals surface area contributed by atoms with E-state index in [-0.39, 0.29) is 5.88 Å². The van der Waals surface area contributed by atoms with Crippen LogP contribution in [0.1, 0.15) is 19.3 Å². The van der Waals surface area contributed by atoms with E-state index in [1.54, 1.807) is 0 Å². The second-order valence-electron chi connectivity index (χ2n) is 3.04. The van der Waals surface area contributed by atoms with E-state index >= 15 is 0 Å². The summed E-state index contributed by atoms with van der Waals surface area (Å²) in [4.78, 5) is 5.68. The Balaban J connectivity index is 2.54. The van der Waals surface area contributed by atoms with Crippen molar-refractivity contribution < 1.29 is 5.11 Å². The molecule has 1 fully saturated rings. The Morgan fingerprint density at radius 3 is 2.46 bits per heavy atom. The molecule has 0 bridgehead atoms. The molecule has 0 aromatic carbocycles. The number of guanidine groups is 1. The monoisotopic (exact) mass is 184 g/mol. The molecule has 0 unspecified atom stereocenters. The predicted molar refractivity (Wildman–Crippen MR) is 51.9 cm³/mol. The molecule has 13 heavy (non-hydrogen) atoms. The molecule has 1 rings (SSSR count). The van der Waals surface area contributed by atoms with Crippen molar-refractivity contribution in [3.8, 4) is 0 Å². The summed E-state index contributed by atoms with van der Waals surface area (Å²) in [6, 6.07) is 0. The van der Waals surface area contributed by atoms with Crippen LogP contribution >= 0.6 is 0 Å². The first-order valence-corrected chi connectivity index (χ1v) is 4.44. The molecule has 0 spiro atoms. The van der Waals surface area contributed by atoms with Crippen molar-refractivity contribution in [1.82, 2.24) is 4.90 Å². The Kier molecular flexibility index (Phi) is 3.42. The van der Waals surface area contributed by atoms with Crippen LogP contribution in [0.2, 0.25) is 0 Å². The molecule has 5 heteroatoms. The minimum absolute atomic E-state index is 0.233. The van der Waals surface area contributed by atoms with Gasteiger partial charge < -0.3 is 21.5 Å². The number of aliphatic hydroxyl groups is 1. The molecule has 1 saturated heterocycles. The minimum atomic E-state index is -0.233. The van der Waals surface area contributed by atoms with Gasteiger partial charge in [-0.2, -0.15) is 4.99 Å². The molecule has 0 saturated carbocycles. The summed E-state index contributed by atoms with van der Waals surface area (Å²) in [6.45, 7) is 1.82. The van der Waals surface area contributed by atoms with Gasteiger partial charge in [0.05, 0.1) is 6.20 Å². The smallest absolute Gasteiger partial charge is 0.230 e. The van der Waals surface area contributed by atoms with E-state index in [2.05, 4.69) is 4.99 Å². The van der Waals surface area contributed by atoms with Gasteiger partial charge in [0.2, 0.25) is 5.88 Å². The molecule has 0 aromatic heterocycles. The highest BCUT2D eigenvalue weighted by atomic mass is 16.3. The molecule has 1 heterocycles. The standard InChI is InChI=1S/C8H16N4O/c9-6-7(13)11-8(10)12-4-2-1-3-5-12/h6,13H,1-5,9H2,(H2,10,11)/b7-6+. The summed E-state index contributed by atoms with van der Waals surface area (Å²) < 4.78 is 0. The van der Waals surface area contributed by atoms with Crippen molar-refractivity contribution in [2.75, 3.05) is 13.1 Å². The van der Waals surface area contributed by atoms with Crippen LogP contribution in [0.4, 0.5) is 0 Å². The number of rotatable bonds is 1. The first-order valence-electron chi connectivity index (χ1n) is 4.44. The number of nitrogens with two attached hydrogens (primary N) is 2. The Labute approximate surface area is 77.7 Å². The number of aliphatic hydroxyl groups excluding tert-OH is 1. The lowest BCUT2D eigenvalue weighted by molar-refractivity contribution is 0.334. The maximum absolute atomic E-state index is 9.00. The molecular formula is C8H16N4O. The summed E-state index contributed by atoms with van der Waals surface area (Å²) in [5, 5.41) is 9.00. The van der Waals surface area contributed by atoms with Gasteiger partial charge in [0.15, 0.2) is 5.96 Å². The molecule has 0 radical (unpaired) electrons. The van der Waals surface area contributed by atoms with Crippen LogP contribution in [-0.4, -0.2) is 29.1 Å². The fourth-order valence-electron chi connectivity index (χ4n) is 1.35. The number of hydrogen-bond acceptors (Lipinski definition) is 3. The molecule has 0 aromatic rings. The fraction of sp³-hybridized carbons (Fsp3) is 0.625. The Morgan fingerprint density at radius 1 is 1.31 bits per heavy atom. The predicted octanol–water partition coefficient (Wildman–Crippen LogP) is 0.103. The summed E-state index contributed by atoms with van der Waals surface area (Å²) in [5.74, 6) is 0.113. The third kappa shape index (κ3) is 2.85. The van der Waals surface area contributed by atoms with Crippen LogP contribution < -0.4 is 11.5 Å². The molecule has 5 N–H and O–H groups in total. The van der Waals surface area contributed by atoms with Crippen molar-refractivity contribution >= 4 is 5.96 Å². The average Bonchev–Trinajstić information content (AvgIpc) is 2.19. The van der Waals surface area contributed by atoms with Crippen LogP contribution in [0.25, 0.3) is 0 Å². The van der Waals surface area contributed by atoms with Crippen LogP contribution in [0, 0.1) is 0 Å². The van der Waals surface area contributed by atoms with Gasteiger partial charge in [0.1, 0.15) is 0 Å². The van der Waals surface area contributed by atoms with E-state index in [4.69, 9.17) is 16.6 Å². The van der Waals surface area contributed by atoms with Gasteiger partial charge in [0, 0.05) is 13.1 Å². The molecule has 1 aliphatic heterocycles. The van der Waals surface area contributed by atoms with Crippen LogP contribution in [0.3, 0.4) is 0 Å². The van der Waals surface area contributed by atoms with Crippen LogP contribution in [0.15, 0.2) is 17.1 Å². The average molecular weight is 184 g/mol. The van der Waals surface area contributed by atoms with E-state index in [0.29, 0.717) is 5.96 Å². The van der Waals surface area contributed by atoms with E-state index < -0.39 is 0 Å². The highest BCUT2D eigenvalue weighted by molar-refractivity contribution is 5.78. The van der Waals surface area contributed by atoms with Crippen molar-refractivity contribution in [2.24, 2.45) is 16.5 Å². The van der Waals surface area contributed by atoms with E-state index in [9.17, 15) is 0 Å². The minimum Gasteiger partial charge on any atom is -0.492 e. The van der Waals surface area contributed by atoms with Crippen molar-refractivity contribution in [3.05, 3.63) is 12.1 Å². The topological polar surface area (TPSA) is 87.9 Å². The zero-order valence-corrected chi connectivity index (χ0v) is 7.61. The number of aliphatic imine (C=N–C) groups is 1. The fourth-order valence-corrected chi connectivity index (χ4v) is 1.35. The second kappa shape index (κ2) is 4.59. The summed E-state index contributed by atoms with van der Waals surface area (Å²) in [5.41, 5.74) is 10.7. The lowest BCUT2D eigenvalue weighted by Crippen LogP contribution is -2.40. The van der Waals surface area contributed by atoms with Gasteiger partial charge in [-0.05, 0) is 19.3 Å². The summed E-state index contributed by atoms with van der Waals surface area (Å²) in [7, 11) is 0. The quantitative estimate of drug-likeness (QED) is 0.306. The van der Waals surface area contributed by atoms with Gasteiger partial charge in [-0.1, -0.05) is 0 Å². The first-order chi connectivity index (χ1) is 6.24. The van der Waals surface area contributed by atoms with Gasteiger partial charge in [0.25, 0.3) is 0 Å². The number of piperidine rings is 1. The third-order valence-electron chi connectivity index (χ3n) is 2.06. The molecular weight excluding hydrogens is 168 g/mol. The third-order valence-corrected chi connectivity index (χ3v) is 2.06. The number of hydrogen-bond donors (Lipinski definition) is 3. The Bertz CT molecular complexity index is 218. The second-order valence-corrected chi connectivity index (χ2v) is 3.04. The zero-order valence-electron chi connectivity index (χ0n) is 7.61. The molecule has 0 atom stereocenters. The zero-order chi connectivity index (χ0) is 9.68. The van der Waals surface area contributed by atoms with Crippen molar-refractivity contribution in [1.29, 1.82) is 0 Å². The van der Waals surface area contributed by atoms with Gasteiger partial charge in [-0.15, -0.1) is 0 Å². The molecule has 74 valence electrons. The molecule has 0 amide bonds. The lowest BCUT2D eigenvalue weighted by atomic mass is 10.1. The Hall–Kier alpha value is -1.39. The van der Waals surface area contributed by atoms with Crippen molar-refractivity contribution in [3.63, 3.8) is 0 Å². The van der Waals surface area contributed by atoms with E-state index in [0.717, 1.165) is 32.1 Å². The van der Waals surface area contributed by atoms with Gasteiger partial charge in [-0.3, -0.25) is 0 Å². The Morgan fingerprint density at radius 2 is 1.92 bits per heavy atom. The molecule has 5 nitrogen and oxygen atoms in total. The SMILES string of the molecule is N/C=C(O)\N=C(/N)N1CCCCC1. The summed E-state index contributed by atoms with van der Waals surface area (Å²) >= 11 is 0. The largest absolute Gasteiger partial charge is 0.492 e. The van der Waals surface area contributed by atoms with E-state index in [1.807, 2.05) is 4.90 Å². The number of likely N-dealkylation sites (tertiary alicyclic amines) is 1. The maximum Gasteiger partial charge on any atom is 0.230 e. The van der Waals surface area contributed by atoms with Gasteiger partial charge in [-0.25, -0.2) is 0 Å². The number of nitrogens with zero attached hydrogens (tertiary/aromatic N) is 2. The highest BCUT2D eigenvalue weighted by Gasteiger charge is 2.11. The molecule has 1 aliphatic rings. The molecule has 0 aliphatic carbocycles. The lowest BCUT2D eigenvalue weighted by Gasteiger charge is -2.27. The normalized spacial score (nSPS) is 20.5. The first kappa shape index (κ1) is 9.70. The highest BCUT2D eigenvalue weighted by Crippen LogP contribution is 2.08. The maximum atomic E-state index is 9.00.